The minimum Gasteiger partial charge on any atom is -0.870 e. The summed E-state index contributed by atoms with van der Waals surface area (Å²) in [6.07, 6.45) is 14.9. The van der Waals surface area contributed by atoms with Crippen LogP contribution in [0.5, 0.6) is 23.5 Å². The molecule has 0 spiro atoms. The molecule has 7 aromatic heterocycles. The zero-order chi connectivity index (χ0) is 63.6. The Balaban J connectivity index is -0.000000299. The minimum atomic E-state index is -3.22. The van der Waals surface area contributed by atoms with E-state index in [1.165, 1.54) is 10.5 Å². The summed E-state index contributed by atoms with van der Waals surface area (Å²) in [7, 11) is 9.95. The van der Waals surface area contributed by atoms with Gasteiger partial charge in [0.05, 0.1) is 61.8 Å². The van der Waals surface area contributed by atoms with Crippen LogP contribution in [0.15, 0.2) is 130 Å². The molecule has 1 amide bonds. The Labute approximate surface area is 631 Å². The van der Waals surface area contributed by atoms with Gasteiger partial charge in [0.25, 0.3) is 0 Å². The Morgan fingerprint density at radius 1 is 0.632 bits per heavy atom. The first-order chi connectivity index (χ1) is 38.8. The molecule has 87 heavy (non-hydrogen) atoms. The van der Waals surface area contributed by atoms with Gasteiger partial charge in [0.2, 0.25) is 35.9 Å². The van der Waals surface area contributed by atoms with Gasteiger partial charge in [0, 0.05) is 77.6 Å². The number of nitrogens with zero attached hydrogens (tertiary/aromatic N) is 8. The summed E-state index contributed by atoms with van der Waals surface area (Å²) in [6, 6.07) is 13.3. The molecule has 7 heterocycles. The molecule has 0 aliphatic rings. The number of rotatable bonds is 9. The minimum absolute atomic E-state index is 0. The number of hydrogen-bond donors (Lipinski definition) is 2. The molecule has 0 saturated heterocycles. The van der Waals surface area contributed by atoms with Crippen LogP contribution in [0, 0.1) is 27.7 Å². The van der Waals surface area contributed by atoms with E-state index >= 15 is 0 Å². The second kappa shape index (κ2) is 51.5. The second-order valence-electron chi connectivity index (χ2n) is 16.9. The smallest absolute Gasteiger partial charge is 0.870 e. The third-order valence-corrected chi connectivity index (χ3v) is 16.7. The van der Waals surface area contributed by atoms with Crippen LogP contribution >= 0.6 is 203 Å². The van der Waals surface area contributed by atoms with Gasteiger partial charge < -0.3 is 39.4 Å². The molecule has 18 nitrogen and oxygen atoms in total. The first-order valence-corrected chi connectivity index (χ1v) is 35.0. The zero-order valence-electron chi connectivity index (χ0n) is 49.5. The Kier molecular flexibility index (Phi) is 56.0. The van der Waals surface area contributed by atoms with Gasteiger partial charge in [-0.15, -0.1) is 24.8 Å². The van der Waals surface area contributed by atoms with Crippen molar-refractivity contribution < 1.29 is 78.0 Å². The summed E-state index contributed by atoms with van der Waals surface area (Å²) in [4.78, 5) is 37.2. The monoisotopic (exact) mass is 1870 g/mol. The molecule has 0 radical (unpaired) electrons. The molecule has 7 aromatic rings. The van der Waals surface area contributed by atoms with Crippen molar-refractivity contribution in [1.29, 1.82) is 0 Å². The summed E-state index contributed by atoms with van der Waals surface area (Å²) in [5.41, 5.74) is 7.25. The van der Waals surface area contributed by atoms with Crippen molar-refractivity contribution in [3.8, 4) is 23.5 Å². The fourth-order valence-electron chi connectivity index (χ4n) is 5.16. The van der Waals surface area contributed by atoms with Gasteiger partial charge in [-0.05, 0) is 276 Å². The fraction of sp³-hybridized carbons (Fsp3) is 0.321. The van der Waals surface area contributed by atoms with Gasteiger partial charge in [-0.3, -0.25) is 14.8 Å². The molecule has 3 N–H and O–H groups in total. The Bertz CT molecular complexity index is 3070. The number of halogens is 14. The van der Waals surface area contributed by atoms with Crippen LogP contribution in [0.25, 0.3) is 0 Å². The number of pyridine rings is 7. The molecular formula is C53H66Br8Cl6N9NaO9P+. The van der Waals surface area contributed by atoms with Crippen molar-refractivity contribution in [2.45, 2.75) is 72.5 Å². The third kappa shape index (κ3) is 41.4. The molecular weight excluding hydrogens is 1810 g/mol. The van der Waals surface area contributed by atoms with Crippen LogP contribution in [-0.2, 0) is 27.7 Å². The van der Waals surface area contributed by atoms with Crippen molar-refractivity contribution in [3.05, 3.63) is 174 Å². The first kappa shape index (κ1) is 94.8. The van der Waals surface area contributed by atoms with E-state index in [1.54, 1.807) is 91.3 Å². The molecule has 0 bridgehead atoms. The van der Waals surface area contributed by atoms with E-state index < -0.39 is 10.8 Å². The molecule has 0 fully saturated rings. The number of hydrogen-bond acceptors (Lipinski definition) is 16. The van der Waals surface area contributed by atoms with E-state index in [0.717, 1.165) is 81.3 Å². The van der Waals surface area contributed by atoms with Crippen LogP contribution in [-0.4, -0.2) is 99.7 Å². The van der Waals surface area contributed by atoms with Gasteiger partial charge in [-0.1, -0.05) is 27.5 Å². The first-order valence-electron chi connectivity index (χ1n) is 23.5. The van der Waals surface area contributed by atoms with Gasteiger partial charge in [0.1, 0.15) is 10.8 Å². The van der Waals surface area contributed by atoms with Crippen LogP contribution < -0.4 is 58.6 Å². The number of carbonyl (C=O) groups excluding carboxylic acids is 1. The second-order valence-corrected chi connectivity index (χ2v) is 30.2. The molecule has 0 atom stereocenters. The van der Waals surface area contributed by atoms with Crippen molar-refractivity contribution in [2.75, 3.05) is 42.5 Å². The van der Waals surface area contributed by atoms with Crippen LogP contribution in [0.4, 0.5) is 4.79 Å². The average molecular weight is 1880 g/mol. The summed E-state index contributed by atoms with van der Waals surface area (Å²) in [5.74, 6) is 2.39. The van der Waals surface area contributed by atoms with Crippen LogP contribution in [0.3, 0.4) is 0 Å². The van der Waals surface area contributed by atoms with Gasteiger partial charge in [-0.2, -0.15) is 0 Å². The quantitative estimate of drug-likeness (QED) is 0.0342. The van der Waals surface area contributed by atoms with Gasteiger partial charge in [0.15, 0.2) is 0 Å². The number of aryl methyl sites for hydroxylation is 4. The summed E-state index contributed by atoms with van der Waals surface area (Å²) in [5, 5.41) is 9.99. The number of ether oxygens (including phenoxy) is 5. The number of amides is 1. The topological polar surface area (TPSA) is 227 Å². The number of methoxy groups -OCH3 is 4. The zero-order valence-corrected chi connectivity index (χ0v) is 69.7. The number of aromatic nitrogens is 7. The normalized spacial score (nSPS) is 9.62. The van der Waals surface area contributed by atoms with Crippen LogP contribution in [0.1, 0.15) is 59.7 Å². The van der Waals surface area contributed by atoms with Crippen molar-refractivity contribution in [2.24, 2.45) is 0 Å². The molecule has 0 aliphatic heterocycles. The van der Waals surface area contributed by atoms with E-state index in [9.17, 15) is 9.36 Å². The maximum Gasteiger partial charge on any atom is 1.00 e. The van der Waals surface area contributed by atoms with Crippen molar-refractivity contribution in [1.82, 2.24) is 40.1 Å². The number of nitrogens with one attached hydrogen (secondary N) is 1. The maximum absolute atomic E-state index is 11.9. The van der Waals surface area contributed by atoms with Crippen LogP contribution in [0.2, 0.25) is 5.15 Å². The van der Waals surface area contributed by atoms with E-state index in [0.29, 0.717) is 35.2 Å². The molecule has 0 unspecified atom stereocenters. The van der Waals surface area contributed by atoms with Crippen molar-refractivity contribution >= 4 is 209 Å². The summed E-state index contributed by atoms with van der Waals surface area (Å²) >= 11 is 46.3. The van der Waals surface area contributed by atoms with E-state index in [4.69, 9.17) is 40.5 Å². The fourth-order valence-corrected chi connectivity index (χ4v) is 9.03. The summed E-state index contributed by atoms with van der Waals surface area (Å²) in [6.45, 7) is 14.7. The molecule has 34 heteroatoms. The maximum atomic E-state index is 11.9. The van der Waals surface area contributed by atoms with E-state index in [2.05, 4.69) is 196 Å². The third-order valence-electron chi connectivity index (χ3n) is 9.37. The Morgan fingerprint density at radius 3 is 1.37 bits per heavy atom. The Morgan fingerprint density at radius 2 is 1.01 bits per heavy atom. The van der Waals surface area contributed by atoms with Gasteiger partial charge >= 0.3 is 40.9 Å². The summed E-state index contributed by atoms with van der Waals surface area (Å²) < 4.78 is 42.3. The van der Waals surface area contributed by atoms with Gasteiger partial charge in [-0.25, -0.2) is 29.7 Å². The van der Waals surface area contributed by atoms with Crippen molar-refractivity contribution in [3.63, 3.8) is 0 Å². The standard InChI is InChI=1S/C13H19BrN2O3.C8H11BrN2O.C7H7Br2NO.C7H8BrNO.C6H5BrClN.C6H7BrNO.C6H6BrN.Cl3OP.2ClH.Na.H2O/c1-13(2,3)19-12(17)16(4)8-9-6-7-15-11(18-5)10(9)14;1-10-5-6-3-4-11-8(12-2)7(6)9;1-11-7-6(9)5(4-8)2-3-10-7;1-5-3-4-9-7(10-2)6(5)8;1-4-2-3-9-6(8)5(4)7;1-5-2-3-8(9)4-6(5)7;1-5-2-3-8-4-6(5)7;1-5(2,3)4;;;;/h6-7H,8H2,1-5H3;3-4,10H,5H2,1-2H3;2-3H,4H2,1H3;3-4H,1-2H3;2-3H,1H3;2-4,9H,1H3;2-4H,1H3;;2*1H;;1H2/q;;;;;+1;;;;;+1;/p-1. The largest absolute Gasteiger partial charge is 1.00 e. The SMILES string of the molecule is CNCc1ccnc(OC)c1Br.COc1nccc(C)c1Br.COc1nccc(CBr)c1Br.COc1nccc(CN(C)C(=O)OC(C)(C)C)c1Br.Cc1cc[n+](O)cc1Br.Cc1ccnc(Cl)c1Br.Cc1ccncc1Br.Cl.Cl.O=P(Cl)(Cl)Cl.[Na+].[OH-]. The predicted molar refractivity (Wildman–Crippen MR) is 378 cm³/mol. The van der Waals surface area contributed by atoms with E-state index in [1.807, 2.05) is 98.0 Å². The molecule has 480 valence electrons. The number of carbonyl (C=O) groups is 1. The molecule has 7 rings (SSSR count). The molecule has 0 aliphatic carbocycles. The average Bonchev–Trinajstić information content (AvgIpc) is 3.28. The number of alkyl halides is 1. The van der Waals surface area contributed by atoms with E-state index in [-0.39, 0.29) is 65.9 Å². The Hall–Kier alpha value is -0.950. The molecule has 0 saturated carbocycles. The predicted octanol–water partition coefficient (Wildman–Crippen LogP) is 16.4. The molecule has 0 aromatic carbocycles.